The van der Waals surface area contributed by atoms with Crippen molar-refractivity contribution in [1.82, 2.24) is 0 Å². The Morgan fingerprint density at radius 3 is 1.25 bits per heavy atom. The third-order valence-electron chi connectivity index (χ3n) is 3.27. The maximum Gasteiger partial charge on any atom is 0.412 e. The quantitative estimate of drug-likeness (QED) is 0.564. The van der Waals surface area contributed by atoms with Gasteiger partial charge in [-0.05, 0) is 24.3 Å². The Balaban J connectivity index is 2.06. The first-order valence-corrected chi connectivity index (χ1v) is 7.88. The van der Waals surface area contributed by atoms with E-state index in [0.29, 0.717) is 11.4 Å². The number of amides is 2. The summed E-state index contributed by atoms with van der Waals surface area (Å²) >= 11 is 0. The number of carbonyl (C=O) groups excluding carboxylic acids is 2. The van der Waals surface area contributed by atoms with Gasteiger partial charge in [0.15, 0.2) is 0 Å². The van der Waals surface area contributed by atoms with Gasteiger partial charge in [0.05, 0.1) is 0 Å². The molecule has 2 atom stereocenters. The molecule has 0 spiro atoms. The van der Waals surface area contributed by atoms with E-state index in [0.717, 1.165) is 0 Å². The van der Waals surface area contributed by atoms with Gasteiger partial charge in [-0.1, -0.05) is 36.4 Å². The second-order valence-electron chi connectivity index (χ2n) is 5.31. The van der Waals surface area contributed by atoms with Gasteiger partial charge in [0.1, 0.15) is 0 Å². The number of para-hydroxylation sites is 2. The lowest BCUT2D eigenvalue weighted by molar-refractivity contribution is -0.165. The number of hydrogen-bond donors (Lipinski definition) is 4. The minimum Gasteiger partial charge on any atom is -0.478 e. The zero-order valence-corrected chi connectivity index (χ0v) is 14.3. The van der Waals surface area contributed by atoms with E-state index in [2.05, 4.69) is 20.1 Å². The van der Waals surface area contributed by atoms with Crippen LogP contribution in [0, 0.1) is 0 Å². The van der Waals surface area contributed by atoms with E-state index in [1.54, 1.807) is 36.4 Å². The minimum absolute atomic E-state index is 0.297. The Morgan fingerprint density at radius 1 is 0.643 bits per heavy atom. The topological polar surface area (TPSA) is 151 Å². The first-order chi connectivity index (χ1) is 13.4. The summed E-state index contributed by atoms with van der Waals surface area (Å²) in [6.07, 6.45) is -7.00. The van der Waals surface area contributed by atoms with Crippen LogP contribution >= 0.6 is 0 Å². The van der Waals surface area contributed by atoms with E-state index in [-0.39, 0.29) is 0 Å². The average molecular weight is 388 g/mol. The van der Waals surface area contributed by atoms with Crippen LogP contribution in [-0.4, -0.2) is 46.5 Å². The predicted octanol–water partition coefficient (Wildman–Crippen LogP) is 2.39. The Kier molecular flexibility index (Phi) is 6.92. The lowest BCUT2D eigenvalue weighted by Crippen LogP contribution is -2.47. The van der Waals surface area contributed by atoms with E-state index in [1.807, 2.05) is 0 Å². The third-order valence-corrected chi connectivity index (χ3v) is 3.27. The van der Waals surface area contributed by atoms with Crippen LogP contribution in [0.15, 0.2) is 60.7 Å². The predicted molar refractivity (Wildman–Crippen MR) is 95.9 cm³/mol. The molecule has 10 heteroatoms. The fourth-order valence-electron chi connectivity index (χ4n) is 2.05. The highest BCUT2D eigenvalue weighted by Gasteiger charge is 2.40. The molecule has 0 aliphatic heterocycles. The van der Waals surface area contributed by atoms with Crippen LogP contribution in [0.5, 0.6) is 0 Å². The van der Waals surface area contributed by atoms with Gasteiger partial charge in [0.25, 0.3) is 0 Å². The number of carboxylic acids is 2. The minimum atomic E-state index is -2.28. The van der Waals surface area contributed by atoms with Crippen LogP contribution in [0.4, 0.5) is 21.0 Å². The Morgan fingerprint density at radius 2 is 0.964 bits per heavy atom. The maximum atomic E-state index is 11.9. The van der Waals surface area contributed by atoms with Crippen molar-refractivity contribution in [3.8, 4) is 0 Å². The van der Waals surface area contributed by atoms with Gasteiger partial charge in [-0.3, -0.25) is 10.6 Å². The highest BCUT2D eigenvalue weighted by molar-refractivity contribution is 5.92. The molecule has 0 heterocycles. The van der Waals surface area contributed by atoms with Crippen LogP contribution in [0.1, 0.15) is 0 Å². The van der Waals surface area contributed by atoms with Gasteiger partial charge in [0.2, 0.25) is 12.2 Å². The van der Waals surface area contributed by atoms with Crippen LogP contribution in [0.3, 0.4) is 0 Å². The highest BCUT2D eigenvalue weighted by atomic mass is 16.6. The average Bonchev–Trinajstić information content (AvgIpc) is 2.65. The number of nitrogens with one attached hydrogen (secondary N) is 2. The van der Waals surface area contributed by atoms with Crippen LogP contribution in [0.2, 0.25) is 0 Å². The molecule has 2 aromatic rings. The van der Waals surface area contributed by atoms with Gasteiger partial charge in [-0.2, -0.15) is 0 Å². The van der Waals surface area contributed by atoms with Gasteiger partial charge >= 0.3 is 24.1 Å². The number of anilines is 2. The largest absolute Gasteiger partial charge is 0.478 e. The summed E-state index contributed by atoms with van der Waals surface area (Å²) in [5, 5.41) is 22.9. The molecule has 0 aliphatic rings. The molecule has 0 radical (unpaired) electrons. The number of rotatable bonds is 7. The Bertz CT molecular complexity index is 770. The summed E-state index contributed by atoms with van der Waals surface area (Å²) in [7, 11) is 0. The normalized spacial score (nSPS) is 12.1. The summed E-state index contributed by atoms with van der Waals surface area (Å²) < 4.78 is 9.31. The molecular weight excluding hydrogens is 372 g/mol. The fourth-order valence-corrected chi connectivity index (χ4v) is 2.05. The van der Waals surface area contributed by atoms with Crippen molar-refractivity contribution in [3.63, 3.8) is 0 Å². The summed E-state index contributed by atoms with van der Waals surface area (Å²) in [6.45, 7) is 0. The summed E-state index contributed by atoms with van der Waals surface area (Å²) in [4.78, 5) is 46.6. The number of carbonyl (C=O) groups is 4. The van der Waals surface area contributed by atoms with Crippen molar-refractivity contribution < 1.29 is 38.9 Å². The monoisotopic (exact) mass is 388 g/mol. The van der Waals surface area contributed by atoms with Crippen molar-refractivity contribution in [1.29, 1.82) is 0 Å². The molecule has 146 valence electrons. The molecule has 0 aliphatic carbocycles. The van der Waals surface area contributed by atoms with Crippen LogP contribution in [-0.2, 0) is 19.1 Å². The van der Waals surface area contributed by atoms with Crippen molar-refractivity contribution in [2.24, 2.45) is 0 Å². The molecule has 2 amide bonds. The van der Waals surface area contributed by atoms with E-state index < -0.39 is 36.3 Å². The van der Waals surface area contributed by atoms with Crippen molar-refractivity contribution in [3.05, 3.63) is 60.7 Å². The molecule has 10 nitrogen and oxygen atoms in total. The molecule has 0 saturated carbocycles. The number of ether oxygens (including phenoxy) is 2. The maximum absolute atomic E-state index is 11.9. The second kappa shape index (κ2) is 9.57. The molecule has 2 aromatic carbocycles. The molecular formula is C18H16N2O8. The molecule has 28 heavy (non-hydrogen) atoms. The third kappa shape index (κ3) is 6.02. The molecule has 0 aromatic heterocycles. The molecule has 0 saturated heterocycles. The van der Waals surface area contributed by atoms with E-state index >= 15 is 0 Å². The smallest absolute Gasteiger partial charge is 0.412 e. The number of hydrogen-bond acceptors (Lipinski definition) is 6. The lowest BCUT2D eigenvalue weighted by atomic mass is 10.2. The summed E-state index contributed by atoms with van der Waals surface area (Å²) in [5.41, 5.74) is 0.595. The number of carboxylic acid groups (broad SMARTS) is 2. The molecule has 0 unspecified atom stereocenters. The van der Waals surface area contributed by atoms with E-state index in [4.69, 9.17) is 0 Å². The number of aliphatic carboxylic acids is 2. The van der Waals surface area contributed by atoms with Gasteiger partial charge in [-0.15, -0.1) is 0 Å². The van der Waals surface area contributed by atoms with Crippen molar-refractivity contribution in [2.75, 3.05) is 10.6 Å². The molecule has 0 fully saturated rings. The molecule has 4 N–H and O–H groups in total. The Labute approximate surface area is 158 Å². The molecule has 2 rings (SSSR count). The Hall–Kier alpha value is -4.08. The first kappa shape index (κ1) is 20.2. The summed E-state index contributed by atoms with van der Waals surface area (Å²) in [6, 6.07) is 15.9. The standard InChI is InChI=1S/C18H16N2O8/c21-15(22)13(27-17(25)19-11-7-3-1-4-8-11)14(16(23)24)28-18(26)20-12-9-5-2-6-10-12/h1-10,13-14H,(H,19,25)(H,20,26)(H,21,22)(H,23,24)/t13-,14-/m1/s1. The van der Waals surface area contributed by atoms with Crippen LogP contribution in [0.25, 0.3) is 0 Å². The summed E-state index contributed by atoms with van der Waals surface area (Å²) in [5.74, 6) is -3.61. The lowest BCUT2D eigenvalue weighted by Gasteiger charge is -2.21. The SMILES string of the molecule is O=C(Nc1ccccc1)O[C@@H](C(=O)O)[C@@H](OC(=O)Nc1ccccc1)C(=O)O. The first-order valence-electron chi connectivity index (χ1n) is 7.88. The van der Waals surface area contributed by atoms with E-state index in [9.17, 15) is 29.4 Å². The van der Waals surface area contributed by atoms with Crippen molar-refractivity contribution in [2.45, 2.75) is 12.2 Å². The van der Waals surface area contributed by atoms with Gasteiger partial charge in [-0.25, -0.2) is 19.2 Å². The van der Waals surface area contributed by atoms with Crippen LogP contribution < -0.4 is 10.6 Å². The second-order valence-corrected chi connectivity index (χ2v) is 5.31. The zero-order valence-electron chi connectivity index (χ0n) is 14.3. The highest BCUT2D eigenvalue weighted by Crippen LogP contribution is 2.12. The zero-order chi connectivity index (χ0) is 20.5. The van der Waals surface area contributed by atoms with Crippen molar-refractivity contribution >= 4 is 35.5 Å². The number of benzene rings is 2. The van der Waals surface area contributed by atoms with Gasteiger partial charge in [0, 0.05) is 11.4 Å². The van der Waals surface area contributed by atoms with Gasteiger partial charge < -0.3 is 19.7 Å². The van der Waals surface area contributed by atoms with E-state index in [1.165, 1.54) is 24.3 Å². The molecule has 0 bridgehead atoms. The fraction of sp³-hybridized carbons (Fsp3) is 0.111.